The Hall–Kier alpha value is -2.18. The molecule has 1 aliphatic heterocycles. The van der Waals surface area contributed by atoms with Crippen LogP contribution in [0.1, 0.15) is 44.7 Å². The molecule has 130 valence electrons. The second-order valence-electron chi connectivity index (χ2n) is 6.99. The predicted octanol–water partition coefficient (Wildman–Crippen LogP) is 2.06. The van der Waals surface area contributed by atoms with Crippen LogP contribution in [-0.4, -0.2) is 47.9 Å². The Morgan fingerprint density at radius 2 is 2.17 bits per heavy atom. The van der Waals surface area contributed by atoms with Gasteiger partial charge in [0, 0.05) is 12.7 Å². The third kappa shape index (κ3) is 3.49. The zero-order valence-electron chi connectivity index (χ0n) is 14.7. The van der Waals surface area contributed by atoms with Crippen molar-refractivity contribution in [3.8, 4) is 0 Å². The van der Waals surface area contributed by atoms with Gasteiger partial charge >= 0.3 is 0 Å². The van der Waals surface area contributed by atoms with E-state index in [0.29, 0.717) is 0 Å². The van der Waals surface area contributed by atoms with Gasteiger partial charge in [0.1, 0.15) is 18.7 Å². The maximum atomic E-state index is 13.3. The van der Waals surface area contributed by atoms with Crippen LogP contribution in [0.25, 0.3) is 0 Å². The number of piperidine rings is 1. The molecule has 2 atom stereocenters. The zero-order chi connectivity index (χ0) is 17.1. The molecule has 0 unspecified atom stereocenters. The van der Waals surface area contributed by atoms with Crippen molar-refractivity contribution in [1.29, 1.82) is 0 Å². The van der Waals surface area contributed by atoms with Crippen LogP contribution in [0.4, 0.5) is 0 Å². The van der Waals surface area contributed by atoms with Gasteiger partial charge in [-0.05, 0) is 37.7 Å². The standard InChI is InChI=1S/C17H26N6O/c1-13(2)16(23-12-18-11-20-23)17(24)22-7-5-4-6-15(22)10-21-9-14(3)8-19-21/h8-9,11-13,15-16H,4-7,10H2,1-3H3/t15-,16-/m0/s1. The van der Waals surface area contributed by atoms with Crippen molar-refractivity contribution in [1.82, 2.24) is 29.4 Å². The van der Waals surface area contributed by atoms with E-state index in [4.69, 9.17) is 0 Å². The van der Waals surface area contributed by atoms with Crippen LogP contribution < -0.4 is 0 Å². The van der Waals surface area contributed by atoms with E-state index >= 15 is 0 Å². The molecular formula is C17H26N6O. The molecule has 7 heteroatoms. The van der Waals surface area contributed by atoms with Gasteiger partial charge in [0.25, 0.3) is 0 Å². The van der Waals surface area contributed by atoms with E-state index in [9.17, 15) is 4.79 Å². The van der Waals surface area contributed by atoms with Crippen molar-refractivity contribution in [3.05, 3.63) is 30.6 Å². The van der Waals surface area contributed by atoms with Gasteiger partial charge in [-0.15, -0.1) is 0 Å². The minimum Gasteiger partial charge on any atom is -0.336 e. The Balaban J connectivity index is 1.79. The number of aromatic nitrogens is 5. The van der Waals surface area contributed by atoms with E-state index in [2.05, 4.69) is 29.0 Å². The number of rotatable bonds is 5. The third-order valence-corrected chi connectivity index (χ3v) is 4.68. The lowest BCUT2D eigenvalue weighted by Crippen LogP contribution is -2.49. The van der Waals surface area contributed by atoms with E-state index in [1.54, 1.807) is 11.0 Å². The first-order valence-corrected chi connectivity index (χ1v) is 8.70. The first kappa shape index (κ1) is 16.7. The summed E-state index contributed by atoms with van der Waals surface area (Å²) in [6, 6.07) is -0.109. The lowest BCUT2D eigenvalue weighted by Gasteiger charge is -2.38. The molecule has 2 aromatic rings. The van der Waals surface area contributed by atoms with Crippen LogP contribution >= 0.6 is 0 Å². The quantitative estimate of drug-likeness (QED) is 0.841. The molecule has 0 N–H and O–H groups in total. The fourth-order valence-electron chi connectivity index (χ4n) is 3.50. The molecule has 3 rings (SSSR count). The smallest absolute Gasteiger partial charge is 0.248 e. The molecule has 0 aromatic carbocycles. The summed E-state index contributed by atoms with van der Waals surface area (Å²) < 4.78 is 3.64. The second kappa shape index (κ2) is 7.15. The Kier molecular flexibility index (Phi) is 4.97. The number of aryl methyl sites for hydroxylation is 1. The molecule has 0 spiro atoms. The summed E-state index contributed by atoms with van der Waals surface area (Å²) in [4.78, 5) is 19.3. The maximum absolute atomic E-state index is 13.3. The number of hydrogen-bond acceptors (Lipinski definition) is 4. The molecule has 0 radical (unpaired) electrons. The van der Waals surface area contributed by atoms with Gasteiger partial charge in [-0.1, -0.05) is 13.8 Å². The molecule has 0 saturated carbocycles. The van der Waals surface area contributed by atoms with Crippen molar-refractivity contribution in [2.45, 2.75) is 58.7 Å². The van der Waals surface area contributed by atoms with Crippen molar-refractivity contribution >= 4 is 5.91 Å². The fourth-order valence-corrected chi connectivity index (χ4v) is 3.50. The van der Waals surface area contributed by atoms with Crippen LogP contribution in [0.2, 0.25) is 0 Å². The highest BCUT2D eigenvalue weighted by Gasteiger charge is 2.34. The number of nitrogens with zero attached hydrogens (tertiary/aromatic N) is 6. The van der Waals surface area contributed by atoms with Crippen molar-refractivity contribution < 1.29 is 4.79 Å². The van der Waals surface area contributed by atoms with Gasteiger partial charge in [-0.25, -0.2) is 9.67 Å². The molecule has 24 heavy (non-hydrogen) atoms. The molecule has 3 heterocycles. The van der Waals surface area contributed by atoms with Crippen LogP contribution in [-0.2, 0) is 11.3 Å². The zero-order valence-corrected chi connectivity index (χ0v) is 14.7. The van der Waals surface area contributed by atoms with Crippen LogP contribution in [0.15, 0.2) is 25.0 Å². The molecule has 1 aliphatic rings. The van der Waals surface area contributed by atoms with Crippen LogP contribution in [0, 0.1) is 12.8 Å². The Bertz CT molecular complexity index is 662. The van der Waals surface area contributed by atoms with Gasteiger partial charge < -0.3 is 4.90 Å². The molecular weight excluding hydrogens is 304 g/mol. The van der Waals surface area contributed by atoms with Crippen LogP contribution in [0.5, 0.6) is 0 Å². The van der Waals surface area contributed by atoms with Gasteiger partial charge in [-0.2, -0.15) is 10.2 Å². The van der Waals surface area contributed by atoms with E-state index in [-0.39, 0.29) is 23.9 Å². The van der Waals surface area contributed by atoms with Gasteiger partial charge in [0.2, 0.25) is 5.91 Å². The van der Waals surface area contributed by atoms with Crippen molar-refractivity contribution in [2.24, 2.45) is 5.92 Å². The molecule has 1 fully saturated rings. The minimum atomic E-state index is -0.299. The number of likely N-dealkylation sites (tertiary alicyclic amines) is 1. The molecule has 1 amide bonds. The highest BCUT2D eigenvalue weighted by Crippen LogP contribution is 2.26. The van der Waals surface area contributed by atoms with Gasteiger partial charge in [-0.3, -0.25) is 9.48 Å². The molecule has 1 saturated heterocycles. The summed E-state index contributed by atoms with van der Waals surface area (Å²) in [6.07, 6.45) is 10.3. The summed E-state index contributed by atoms with van der Waals surface area (Å²) >= 11 is 0. The molecule has 7 nitrogen and oxygen atoms in total. The summed E-state index contributed by atoms with van der Waals surface area (Å²) in [7, 11) is 0. The topological polar surface area (TPSA) is 68.8 Å². The fraction of sp³-hybridized carbons (Fsp3) is 0.647. The average Bonchev–Trinajstić information content (AvgIpc) is 3.20. The van der Waals surface area contributed by atoms with Gasteiger partial charge in [0.15, 0.2) is 0 Å². The van der Waals surface area contributed by atoms with Gasteiger partial charge in [0.05, 0.1) is 18.8 Å². The van der Waals surface area contributed by atoms with E-state index in [1.807, 2.05) is 28.9 Å². The number of carbonyl (C=O) groups excluding carboxylic acids is 1. The lowest BCUT2D eigenvalue weighted by molar-refractivity contribution is -0.140. The maximum Gasteiger partial charge on any atom is 0.248 e. The number of hydrogen-bond donors (Lipinski definition) is 0. The monoisotopic (exact) mass is 330 g/mol. The second-order valence-corrected chi connectivity index (χ2v) is 6.99. The highest BCUT2D eigenvalue weighted by atomic mass is 16.2. The van der Waals surface area contributed by atoms with E-state index in [0.717, 1.165) is 37.9 Å². The normalized spacial score (nSPS) is 19.7. The molecule has 0 bridgehead atoms. The number of carbonyl (C=O) groups is 1. The van der Waals surface area contributed by atoms with Crippen molar-refractivity contribution in [3.63, 3.8) is 0 Å². The van der Waals surface area contributed by atoms with Crippen molar-refractivity contribution in [2.75, 3.05) is 6.54 Å². The predicted molar refractivity (Wildman–Crippen MR) is 90.2 cm³/mol. The highest BCUT2D eigenvalue weighted by molar-refractivity contribution is 5.81. The third-order valence-electron chi connectivity index (χ3n) is 4.68. The SMILES string of the molecule is Cc1cnn(C[C@@H]2CCCCN2C(=O)[C@H](C(C)C)n2cncn2)c1. The summed E-state index contributed by atoms with van der Waals surface area (Å²) in [6.45, 7) is 7.70. The summed E-state index contributed by atoms with van der Waals surface area (Å²) in [5.41, 5.74) is 1.14. The van der Waals surface area contributed by atoms with E-state index in [1.165, 1.54) is 6.33 Å². The lowest BCUT2D eigenvalue weighted by atomic mass is 9.97. The summed E-state index contributed by atoms with van der Waals surface area (Å²) in [5, 5.41) is 8.59. The first-order chi connectivity index (χ1) is 11.6. The average molecular weight is 330 g/mol. The largest absolute Gasteiger partial charge is 0.336 e. The Morgan fingerprint density at radius 3 is 2.79 bits per heavy atom. The Morgan fingerprint density at radius 1 is 1.33 bits per heavy atom. The first-order valence-electron chi connectivity index (χ1n) is 8.70. The molecule has 0 aliphatic carbocycles. The Labute approximate surface area is 142 Å². The number of amides is 1. The van der Waals surface area contributed by atoms with E-state index < -0.39 is 0 Å². The molecule has 2 aromatic heterocycles. The minimum absolute atomic E-state index is 0.143. The summed E-state index contributed by atoms with van der Waals surface area (Å²) in [5.74, 6) is 0.304. The van der Waals surface area contributed by atoms with Crippen LogP contribution in [0.3, 0.4) is 0 Å².